The second kappa shape index (κ2) is 6.74. The van der Waals surface area contributed by atoms with Crippen molar-refractivity contribution in [3.8, 4) is 5.75 Å². The number of ketones is 1. The van der Waals surface area contributed by atoms with Gasteiger partial charge in [0.15, 0.2) is 11.8 Å². The number of Topliss-reactive ketones (excluding diaryl/α,β-unsaturated/α-hetero) is 1. The maximum absolute atomic E-state index is 12.8. The summed E-state index contributed by atoms with van der Waals surface area (Å²) in [6, 6.07) is 15.2. The lowest BCUT2D eigenvalue weighted by Crippen LogP contribution is -2.18. The number of hydrogen-bond acceptors (Lipinski definition) is 5. The molecule has 0 spiro atoms. The fourth-order valence-electron chi connectivity index (χ4n) is 2.82. The van der Waals surface area contributed by atoms with Gasteiger partial charge < -0.3 is 14.4 Å². The molecule has 0 saturated carbocycles. The molecule has 5 nitrogen and oxygen atoms in total. The molecule has 1 aliphatic heterocycles. The molecule has 0 radical (unpaired) electrons. The smallest absolute Gasteiger partial charge is 0.331 e. The van der Waals surface area contributed by atoms with Gasteiger partial charge in [0.1, 0.15) is 11.8 Å². The molecule has 24 heavy (non-hydrogen) atoms. The summed E-state index contributed by atoms with van der Waals surface area (Å²) >= 11 is 0. The minimum absolute atomic E-state index is 0.0792. The molecule has 1 aliphatic rings. The Balaban J connectivity index is 1.87. The Morgan fingerprint density at radius 3 is 2.25 bits per heavy atom. The van der Waals surface area contributed by atoms with Crippen molar-refractivity contribution in [1.29, 1.82) is 0 Å². The number of anilines is 1. The van der Waals surface area contributed by atoms with Gasteiger partial charge in [-0.05, 0) is 31.2 Å². The van der Waals surface area contributed by atoms with Crippen LogP contribution in [0.25, 0.3) is 0 Å². The second-order valence-corrected chi connectivity index (χ2v) is 5.48. The van der Waals surface area contributed by atoms with Crippen LogP contribution in [-0.2, 0) is 9.53 Å². The predicted octanol–water partition coefficient (Wildman–Crippen LogP) is 2.70. The van der Waals surface area contributed by atoms with E-state index in [1.165, 1.54) is 0 Å². The lowest BCUT2D eigenvalue weighted by Gasteiger charge is -2.07. The molecule has 0 aromatic heterocycles. The highest BCUT2D eigenvalue weighted by Crippen LogP contribution is 2.38. The quantitative estimate of drug-likeness (QED) is 0.464. The molecular weight excluding hydrogens is 306 g/mol. The topological polar surface area (TPSA) is 55.6 Å². The van der Waals surface area contributed by atoms with Crippen LogP contribution in [0.3, 0.4) is 0 Å². The summed E-state index contributed by atoms with van der Waals surface area (Å²) in [6.45, 7) is 2.05. The number of methoxy groups -OCH3 is 1. The van der Waals surface area contributed by atoms with Crippen molar-refractivity contribution < 1.29 is 19.1 Å². The highest BCUT2D eigenvalue weighted by Gasteiger charge is 2.58. The number of benzene rings is 2. The molecular formula is C19H19NO4. The van der Waals surface area contributed by atoms with E-state index in [0.29, 0.717) is 5.56 Å². The Kier molecular flexibility index (Phi) is 4.51. The van der Waals surface area contributed by atoms with Crippen LogP contribution < -0.4 is 9.64 Å². The van der Waals surface area contributed by atoms with Crippen LogP contribution in [0.4, 0.5) is 5.69 Å². The van der Waals surface area contributed by atoms with E-state index in [-0.39, 0.29) is 18.4 Å². The first-order valence-electron chi connectivity index (χ1n) is 7.85. The Hall–Kier alpha value is -2.82. The number of nitrogens with zero attached hydrogens (tertiary/aromatic N) is 1. The maximum atomic E-state index is 12.8. The van der Waals surface area contributed by atoms with E-state index >= 15 is 0 Å². The van der Waals surface area contributed by atoms with Gasteiger partial charge in [-0.25, -0.2) is 4.79 Å². The largest absolute Gasteiger partial charge is 0.497 e. The first-order chi connectivity index (χ1) is 11.7. The molecule has 124 valence electrons. The summed E-state index contributed by atoms with van der Waals surface area (Å²) in [5, 5.41) is 0. The molecule has 2 aromatic rings. The second-order valence-electron chi connectivity index (χ2n) is 5.48. The summed E-state index contributed by atoms with van der Waals surface area (Å²) in [5.74, 6) is 0.270. The van der Waals surface area contributed by atoms with E-state index in [2.05, 4.69) is 0 Å². The SMILES string of the molecule is CCOC(=O)[C@@H]1[C@H](C(=O)c2ccccc2)N1c1ccc(OC)cc1. The Labute approximate surface area is 140 Å². The van der Waals surface area contributed by atoms with Crippen molar-refractivity contribution in [3.63, 3.8) is 0 Å². The van der Waals surface area contributed by atoms with E-state index < -0.39 is 12.1 Å². The first kappa shape index (κ1) is 16.1. The zero-order chi connectivity index (χ0) is 17.1. The van der Waals surface area contributed by atoms with E-state index in [1.54, 1.807) is 43.2 Å². The molecule has 2 aromatic carbocycles. The molecule has 1 heterocycles. The van der Waals surface area contributed by atoms with Gasteiger partial charge in [-0.15, -0.1) is 0 Å². The highest BCUT2D eigenvalue weighted by atomic mass is 16.5. The standard InChI is InChI=1S/C19H19NO4/c1-3-24-19(22)17-16(18(21)13-7-5-4-6-8-13)20(17)14-9-11-15(23-2)12-10-14/h4-12,16-17H,3H2,1-2H3/t16-,17+,20?/m1/s1. The van der Waals surface area contributed by atoms with Gasteiger partial charge in [0.2, 0.25) is 0 Å². The maximum Gasteiger partial charge on any atom is 0.331 e. The number of hydrogen-bond donors (Lipinski definition) is 0. The summed E-state index contributed by atoms with van der Waals surface area (Å²) in [7, 11) is 1.59. The first-order valence-corrected chi connectivity index (χ1v) is 7.85. The molecule has 1 fully saturated rings. The number of rotatable bonds is 6. The van der Waals surface area contributed by atoms with Gasteiger partial charge in [0, 0.05) is 11.3 Å². The van der Waals surface area contributed by atoms with Gasteiger partial charge in [0.05, 0.1) is 13.7 Å². The monoisotopic (exact) mass is 325 g/mol. The molecule has 0 bridgehead atoms. The normalized spacial score (nSPS) is 18.8. The van der Waals surface area contributed by atoms with Crippen molar-refractivity contribution in [2.45, 2.75) is 19.0 Å². The third-order valence-corrected chi connectivity index (χ3v) is 4.03. The average Bonchev–Trinajstić information content (AvgIpc) is 3.38. The summed E-state index contributed by atoms with van der Waals surface area (Å²) in [5.41, 5.74) is 1.39. The molecule has 5 heteroatoms. The van der Waals surface area contributed by atoms with E-state index in [1.807, 2.05) is 30.3 Å². The van der Waals surface area contributed by atoms with Crippen molar-refractivity contribution in [2.75, 3.05) is 18.6 Å². The fourth-order valence-corrected chi connectivity index (χ4v) is 2.82. The van der Waals surface area contributed by atoms with Crippen LogP contribution in [0.2, 0.25) is 0 Å². The zero-order valence-electron chi connectivity index (χ0n) is 13.6. The minimum Gasteiger partial charge on any atom is -0.497 e. The van der Waals surface area contributed by atoms with Gasteiger partial charge in [-0.2, -0.15) is 0 Å². The third kappa shape index (κ3) is 2.97. The summed E-state index contributed by atoms with van der Waals surface area (Å²) in [4.78, 5) is 26.8. The van der Waals surface area contributed by atoms with Crippen LogP contribution in [0.5, 0.6) is 5.75 Å². The van der Waals surface area contributed by atoms with Crippen LogP contribution >= 0.6 is 0 Å². The lowest BCUT2D eigenvalue weighted by atomic mass is 10.1. The number of ether oxygens (including phenoxy) is 2. The van der Waals surface area contributed by atoms with E-state index in [0.717, 1.165) is 11.4 Å². The number of carbonyl (C=O) groups is 2. The summed E-state index contributed by atoms with van der Waals surface area (Å²) < 4.78 is 10.3. The van der Waals surface area contributed by atoms with Crippen molar-refractivity contribution in [1.82, 2.24) is 0 Å². The van der Waals surface area contributed by atoms with Crippen molar-refractivity contribution in [2.24, 2.45) is 0 Å². The molecule has 3 rings (SSSR count). The fraction of sp³-hybridized carbons (Fsp3) is 0.263. The van der Waals surface area contributed by atoms with Gasteiger partial charge in [-0.3, -0.25) is 4.79 Å². The molecule has 0 N–H and O–H groups in total. The zero-order valence-corrected chi connectivity index (χ0v) is 13.6. The van der Waals surface area contributed by atoms with Gasteiger partial charge in [0.25, 0.3) is 0 Å². The van der Waals surface area contributed by atoms with E-state index in [4.69, 9.17) is 9.47 Å². The van der Waals surface area contributed by atoms with Crippen LogP contribution in [-0.4, -0.2) is 37.6 Å². The average molecular weight is 325 g/mol. The molecule has 0 amide bonds. The van der Waals surface area contributed by atoms with Crippen molar-refractivity contribution in [3.05, 3.63) is 60.2 Å². The van der Waals surface area contributed by atoms with Crippen LogP contribution in [0.1, 0.15) is 17.3 Å². The highest BCUT2D eigenvalue weighted by molar-refractivity contribution is 6.11. The molecule has 2 atom stereocenters. The van der Waals surface area contributed by atoms with Crippen molar-refractivity contribution >= 4 is 17.4 Å². The van der Waals surface area contributed by atoms with Gasteiger partial charge in [-0.1, -0.05) is 30.3 Å². The van der Waals surface area contributed by atoms with E-state index in [9.17, 15) is 9.59 Å². The lowest BCUT2D eigenvalue weighted by molar-refractivity contribution is -0.142. The van der Waals surface area contributed by atoms with Gasteiger partial charge >= 0.3 is 5.97 Å². The molecule has 1 saturated heterocycles. The van der Waals surface area contributed by atoms with Crippen LogP contribution in [0.15, 0.2) is 54.6 Å². The molecule has 0 aliphatic carbocycles. The number of carbonyl (C=O) groups excluding carboxylic acids is 2. The Morgan fingerprint density at radius 2 is 1.67 bits per heavy atom. The third-order valence-electron chi connectivity index (χ3n) is 4.03. The number of esters is 1. The minimum atomic E-state index is -0.578. The molecule has 0 unspecified atom stereocenters. The summed E-state index contributed by atoms with van der Waals surface area (Å²) in [6.07, 6.45) is 0. The Bertz CT molecular complexity index is 727. The Morgan fingerprint density at radius 1 is 1.00 bits per heavy atom. The van der Waals surface area contributed by atoms with Crippen LogP contribution in [0, 0.1) is 0 Å². The predicted molar refractivity (Wildman–Crippen MR) is 90.5 cm³/mol.